The summed E-state index contributed by atoms with van der Waals surface area (Å²) in [6.07, 6.45) is 0.125. The molecule has 0 bridgehead atoms. The highest BCUT2D eigenvalue weighted by Gasteiger charge is 2.25. The third-order valence-corrected chi connectivity index (χ3v) is 5.15. The molecule has 0 fully saturated rings. The van der Waals surface area contributed by atoms with Gasteiger partial charge in [-0.1, -0.05) is 5.16 Å². The molecule has 1 aromatic heterocycles. The molecule has 3 rings (SSSR count). The number of carbonyl (C=O) groups excluding carboxylic acids is 2. The summed E-state index contributed by atoms with van der Waals surface area (Å²) in [7, 11) is -3.92. The van der Waals surface area contributed by atoms with E-state index in [2.05, 4.69) is 20.5 Å². The maximum Gasteiger partial charge on any atom is 0.243 e. The molecule has 3 N–H and O–H groups in total. The summed E-state index contributed by atoms with van der Waals surface area (Å²) >= 11 is 0. The van der Waals surface area contributed by atoms with Gasteiger partial charge in [0.2, 0.25) is 21.8 Å². The van der Waals surface area contributed by atoms with E-state index >= 15 is 0 Å². The topological polar surface area (TPSA) is 130 Å². The van der Waals surface area contributed by atoms with Gasteiger partial charge in [0.25, 0.3) is 0 Å². The van der Waals surface area contributed by atoms with Crippen molar-refractivity contribution in [2.45, 2.75) is 31.2 Å². The number of benzene rings is 1. The molecule has 2 heterocycles. The van der Waals surface area contributed by atoms with Gasteiger partial charge in [-0.15, -0.1) is 0 Å². The lowest BCUT2D eigenvalue weighted by Gasteiger charge is -2.14. The van der Waals surface area contributed by atoms with Crippen LogP contribution in [0.4, 0.5) is 11.5 Å². The number of carbonyl (C=O) groups is 2. The molecule has 1 atom stereocenters. The van der Waals surface area contributed by atoms with E-state index in [4.69, 9.17) is 4.52 Å². The van der Waals surface area contributed by atoms with Crippen molar-refractivity contribution in [2.24, 2.45) is 0 Å². The fourth-order valence-electron chi connectivity index (χ4n) is 2.39. The van der Waals surface area contributed by atoms with Crippen molar-refractivity contribution < 1.29 is 22.5 Å². The van der Waals surface area contributed by atoms with Crippen molar-refractivity contribution >= 4 is 33.3 Å². The molecular formula is C15H16N4O5S. The molecule has 0 spiro atoms. The molecular weight excluding hydrogens is 348 g/mol. The van der Waals surface area contributed by atoms with Crippen LogP contribution in [0.25, 0.3) is 0 Å². The lowest BCUT2D eigenvalue weighted by Crippen LogP contribution is -2.41. The lowest BCUT2D eigenvalue weighted by molar-refractivity contribution is -0.117. The summed E-state index contributed by atoms with van der Waals surface area (Å²) in [6.45, 7) is 3.08. The Morgan fingerprint density at radius 2 is 2.12 bits per heavy atom. The molecule has 1 aromatic carbocycles. The SMILES string of the molecule is Cc1cc(NC(=O)[C@@H](C)NS(=O)(=O)c2ccc3c(c2)CC(=O)N3)no1. The number of aromatic nitrogens is 1. The van der Waals surface area contributed by atoms with E-state index < -0.39 is 22.0 Å². The number of anilines is 2. The Morgan fingerprint density at radius 3 is 2.80 bits per heavy atom. The van der Waals surface area contributed by atoms with Gasteiger partial charge in [-0.25, -0.2) is 8.42 Å². The van der Waals surface area contributed by atoms with Crippen LogP contribution in [-0.2, 0) is 26.0 Å². The molecule has 0 aliphatic carbocycles. The number of fused-ring (bicyclic) bond motifs is 1. The van der Waals surface area contributed by atoms with E-state index in [-0.39, 0.29) is 23.0 Å². The van der Waals surface area contributed by atoms with Gasteiger partial charge >= 0.3 is 0 Å². The summed E-state index contributed by atoms with van der Waals surface area (Å²) in [6, 6.07) is 4.80. The van der Waals surface area contributed by atoms with E-state index in [1.165, 1.54) is 31.2 Å². The minimum atomic E-state index is -3.92. The van der Waals surface area contributed by atoms with Crippen LogP contribution >= 0.6 is 0 Å². The Balaban J connectivity index is 1.71. The normalized spacial score (nSPS) is 14.7. The zero-order valence-electron chi connectivity index (χ0n) is 13.5. The molecule has 1 aliphatic rings. The smallest absolute Gasteiger partial charge is 0.243 e. The number of hydrogen-bond acceptors (Lipinski definition) is 6. The largest absolute Gasteiger partial charge is 0.360 e. The maximum atomic E-state index is 12.5. The predicted octanol–water partition coefficient (Wildman–Crippen LogP) is 0.783. The van der Waals surface area contributed by atoms with Gasteiger partial charge in [0.15, 0.2) is 5.82 Å². The van der Waals surface area contributed by atoms with Crippen molar-refractivity contribution in [2.75, 3.05) is 10.6 Å². The highest BCUT2D eigenvalue weighted by Crippen LogP contribution is 2.25. The Labute approximate surface area is 143 Å². The zero-order chi connectivity index (χ0) is 18.2. The summed E-state index contributed by atoms with van der Waals surface area (Å²) in [5.41, 5.74) is 1.19. The second-order valence-corrected chi connectivity index (χ2v) is 7.41. The fourth-order valence-corrected chi connectivity index (χ4v) is 3.64. The summed E-state index contributed by atoms with van der Waals surface area (Å²) in [5, 5.41) is 8.71. The van der Waals surface area contributed by atoms with Gasteiger partial charge in [0, 0.05) is 11.8 Å². The molecule has 2 amide bonds. The van der Waals surface area contributed by atoms with E-state index in [0.717, 1.165) is 0 Å². The third-order valence-electron chi connectivity index (χ3n) is 3.62. The monoisotopic (exact) mass is 364 g/mol. The first kappa shape index (κ1) is 17.1. The van der Waals surface area contributed by atoms with E-state index in [1.54, 1.807) is 6.92 Å². The quantitative estimate of drug-likeness (QED) is 0.719. The molecule has 0 radical (unpaired) electrons. The molecule has 132 valence electrons. The van der Waals surface area contributed by atoms with Crippen molar-refractivity contribution in [3.63, 3.8) is 0 Å². The zero-order valence-corrected chi connectivity index (χ0v) is 14.3. The Bertz CT molecular complexity index is 951. The summed E-state index contributed by atoms with van der Waals surface area (Å²) < 4.78 is 32.0. The number of amides is 2. The number of nitrogens with zero attached hydrogens (tertiary/aromatic N) is 1. The van der Waals surface area contributed by atoms with Crippen LogP contribution in [0.15, 0.2) is 33.7 Å². The first-order valence-corrected chi connectivity index (χ1v) is 8.92. The minimum Gasteiger partial charge on any atom is -0.360 e. The van der Waals surface area contributed by atoms with Crippen LogP contribution in [0.5, 0.6) is 0 Å². The molecule has 0 saturated carbocycles. The second-order valence-electron chi connectivity index (χ2n) is 5.70. The average Bonchev–Trinajstić information content (AvgIpc) is 3.10. The van der Waals surface area contributed by atoms with Crippen molar-refractivity contribution in [1.29, 1.82) is 0 Å². The molecule has 0 unspecified atom stereocenters. The highest BCUT2D eigenvalue weighted by molar-refractivity contribution is 7.89. The summed E-state index contributed by atoms with van der Waals surface area (Å²) in [5.74, 6) is -0.0384. The Morgan fingerprint density at radius 1 is 1.36 bits per heavy atom. The van der Waals surface area contributed by atoms with Crippen molar-refractivity contribution in [3.05, 3.63) is 35.6 Å². The number of nitrogens with one attached hydrogen (secondary N) is 3. The molecule has 2 aromatic rings. The van der Waals surface area contributed by atoms with Gasteiger partial charge in [0.05, 0.1) is 17.4 Å². The average molecular weight is 364 g/mol. The van der Waals surface area contributed by atoms with Gasteiger partial charge in [-0.2, -0.15) is 4.72 Å². The molecule has 10 heteroatoms. The van der Waals surface area contributed by atoms with Crippen LogP contribution in [-0.4, -0.2) is 31.4 Å². The van der Waals surface area contributed by atoms with Crippen LogP contribution < -0.4 is 15.4 Å². The number of rotatable bonds is 5. The minimum absolute atomic E-state index is 0.0142. The molecule has 25 heavy (non-hydrogen) atoms. The first-order valence-electron chi connectivity index (χ1n) is 7.44. The lowest BCUT2D eigenvalue weighted by atomic mass is 10.2. The van der Waals surface area contributed by atoms with Crippen molar-refractivity contribution in [3.8, 4) is 0 Å². The number of aryl methyl sites for hydroxylation is 1. The van der Waals surface area contributed by atoms with Crippen molar-refractivity contribution in [1.82, 2.24) is 9.88 Å². The van der Waals surface area contributed by atoms with Crippen LogP contribution in [0.3, 0.4) is 0 Å². The predicted molar refractivity (Wildman–Crippen MR) is 88.4 cm³/mol. The highest BCUT2D eigenvalue weighted by atomic mass is 32.2. The van der Waals surface area contributed by atoms with Crippen LogP contribution in [0.2, 0.25) is 0 Å². The fraction of sp³-hybridized carbons (Fsp3) is 0.267. The van der Waals surface area contributed by atoms with Gasteiger partial charge in [0.1, 0.15) is 5.76 Å². The van der Waals surface area contributed by atoms with E-state index in [9.17, 15) is 18.0 Å². The Hall–Kier alpha value is -2.72. The number of hydrogen-bond donors (Lipinski definition) is 3. The first-order chi connectivity index (χ1) is 11.7. The standard InChI is InChI=1S/C15H16N4O5S/c1-8-5-13(18-24-8)17-15(21)9(2)19-25(22,23)11-3-4-12-10(6-11)7-14(20)16-12/h3-6,9,19H,7H2,1-2H3,(H,16,20)(H,17,18,21)/t9-/m1/s1. The molecule has 1 aliphatic heterocycles. The van der Waals surface area contributed by atoms with E-state index in [0.29, 0.717) is 17.0 Å². The molecule has 9 nitrogen and oxygen atoms in total. The van der Waals surface area contributed by atoms with Gasteiger partial charge in [-0.05, 0) is 37.6 Å². The Kier molecular flexibility index (Phi) is 4.31. The second kappa shape index (κ2) is 6.30. The van der Waals surface area contributed by atoms with Gasteiger partial charge in [-0.3, -0.25) is 9.59 Å². The van der Waals surface area contributed by atoms with Gasteiger partial charge < -0.3 is 15.2 Å². The summed E-state index contributed by atoms with van der Waals surface area (Å²) in [4.78, 5) is 23.4. The number of sulfonamides is 1. The maximum absolute atomic E-state index is 12.5. The van der Waals surface area contributed by atoms with E-state index in [1.807, 2.05) is 0 Å². The molecule has 0 saturated heterocycles. The van der Waals surface area contributed by atoms with Crippen LogP contribution in [0, 0.1) is 6.92 Å². The third kappa shape index (κ3) is 3.69. The van der Waals surface area contributed by atoms with Crippen LogP contribution in [0.1, 0.15) is 18.2 Å².